The van der Waals surface area contributed by atoms with Gasteiger partial charge in [-0.25, -0.2) is 0 Å². The summed E-state index contributed by atoms with van der Waals surface area (Å²) in [6, 6.07) is 0. The summed E-state index contributed by atoms with van der Waals surface area (Å²) in [4.78, 5) is 0. The molecule has 0 aromatic rings. The zero-order valence-electron chi connectivity index (χ0n) is 12.3. The van der Waals surface area contributed by atoms with E-state index in [0.717, 1.165) is 17.6 Å². The molecule has 0 N–H and O–H groups in total. The first-order valence-electron chi connectivity index (χ1n) is 6.71. The van der Waals surface area contributed by atoms with E-state index in [1.165, 1.54) is 0 Å². The normalized spacial score (nSPS) is 15.3. The molecule has 0 aromatic carbocycles. The fourth-order valence-electron chi connectivity index (χ4n) is 1.46. The van der Waals surface area contributed by atoms with E-state index in [4.69, 9.17) is 0 Å². The summed E-state index contributed by atoms with van der Waals surface area (Å²) >= 11 is 0. The summed E-state index contributed by atoms with van der Waals surface area (Å²) in [7, 11) is 0. The van der Waals surface area contributed by atoms with Crippen molar-refractivity contribution in [2.75, 3.05) is 6.67 Å². The van der Waals surface area contributed by atoms with Crippen molar-refractivity contribution < 1.29 is 4.39 Å². The Balaban J connectivity index is 4.64. The van der Waals surface area contributed by atoms with Gasteiger partial charge in [0.25, 0.3) is 0 Å². The summed E-state index contributed by atoms with van der Waals surface area (Å²) in [6.45, 7) is 9.52. The van der Waals surface area contributed by atoms with Gasteiger partial charge in [-0.2, -0.15) is 0 Å². The monoisotopic (exact) mass is 260 g/mol. The standard InChI is InChI=1S/C18H25F/c1-5-7-9-11-13-17(4)18(15-19)14-16(3)12-10-8-6-2/h6-14,18H,4-5,15H2,1-3H3/b8-6-,9-7-,12-10-,13-11-,16-14-. The van der Waals surface area contributed by atoms with Gasteiger partial charge in [0.15, 0.2) is 0 Å². The van der Waals surface area contributed by atoms with E-state index in [1.807, 2.05) is 62.5 Å². The molecule has 0 aromatic heterocycles. The second kappa shape index (κ2) is 11.5. The number of halogens is 1. The van der Waals surface area contributed by atoms with Crippen LogP contribution in [0.5, 0.6) is 0 Å². The van der Waals surface area contributed by atoms with Gasteiger partial charge in [-0.3, -0.25) is 4.39 Å². The van der Waals surface area contributed by atoms with Crippen LogP contribution in [0.1, 0.15) is 27.2 Å². The second-order valence-corrected chi connectivity index (χ2v) is 4.33. The van der Waals surface area contributed by atoms with Crippen LogP contribution in [0.4, 0.5) is 4.39 Å². The van der Waals surface area contributed by atoms with Crippen molar-refractivity contribution in [1.29, 1.82) is 0 Å². The molecule has 0 fully saturated rings. The largest absolute Gasteiger partial charge is 0.250 e. The van der Waals surface area contributed by atoms with Gasteiger partial charge in [-0.15, -0.1) is 0 Å². The lowest BCUT2D eigenvalue weighted by Gasteiger charge is -2.09. The predicted octanol–water partition coefficient (Wildman–Crippen LogP) is 5.73. The molecule has 1 unspecified atom stereocenters. The molecule has 0 rings (SSSR count). The Bertz CT molecular complexity index is 392. The van der Waals surface area contributed by atoms with Crippen molar-refractivity contribution in [3.05, 3.63) is 72.4 Å². The van der Waals surface area contributed by atoms with E-state index < -0.39 is 6.67 Å². The van der Waals surface area contributed by atoms with Gasteiger partial charge in [0, 0.05) is 5.92 Å². The molecular formula is C18H25F. The SMILES string of the molecule is C=C(/C=C\C=C/CC)C(\C=C(C)/C=C\C=C/C)CF. The highest BCUT2D eigenvalue weighted by molar-refractivity contribution is 5.29. The molecule has 0 saturated carbocycles. The number of hydrogen-bond acceptors (Lipinski definition) is 0. The quantitative estimate of drug-likeness (QED) is 0.489. The summed E-state index contributed by atoms with van der Waals surface area (Å²) < 4.78 is 13.0. The topological polar surface area (TPSA) is 0 Å². The Morgan fingerprint density at radius 3 is 2.42 bits per heavy atom. The molecule has 0 spiro atoms. The third kappa shape index (κ3) is 9.01. The minimum Gasteiger partial charge on any atom is -0.250 e. The van der Waals surface area contributed by atoms with Crippen molar-refractivity contribution in [3.8, 4) is 0 Å². The lowest BCUT2D eigenvalue weighted by atomic mass is 9.98. The first kappa shape index (κ1) is 17.4. The molecule has 104 valence electrons. The Labute approximate surface area is 117 Å². The molecule has 0 amide bonds. The number of rotatable bonds is 8. The van der Waals surface area contributed by atoms with Gasteiger partial charge in [-0.1, -0.05) is 73.8 Å². The van der Waals surface area contributed by atoms with Gasteiger partial charge < -0.3 is 0 Å². The Kier molecular flexibility index (Phi) is 10.5. The zero-order chi connectivity index (χ0) is 14.5. The van der Waals surface area contributed by atoms with Gasteiger partial charge in [0.05, 0.1) is 6.67 Å². The Hall–Kier alpha value is -1.63. The smallest absolute Gasteiger partial charge is 0.0997 e. The van der Waals surface area contributed by atoms with E-state index in [0.29, 0.717) is 0 Å². The number of alkyl halides is 1. The maximum Gasteiger partial charge on any atom is 0.0997 e. The minimum absolute atomic E-state index is 0.249. The van der Waals surface area contributed by atoms with Crippen molar-refractivity contribution in [2.24, 2.45) is 5.92 Å². The second-order valence-electron chi connectivity index (χ2n) is 4.33. The Morgan fingerprint density at radius 1 is 1.16 bits per heavy atom. The van der Waals surface area contributed by atoms with Crippen molar-refractivity contribution >= 4 is 0 Å². The summed E-state index contributed by atoms with van der Waals surface area (Å²) in [5.41, 5.74) is 1.83. The van der Waals surface area contributed by atoms with Crippen molar-refractivity contribution in [2.45, 2.75) is 27.2 Å². The van der Waals surface area contributed by atoms with E-state index in [2.05, 4.69) is 19.6 Å². The van der Waals surface area contributed by atoms with Gasteiger partial charge >= 0.3 is 0 Å². The highest BCUT2D eigenvalue weighted by Gasteiger charge is 2.06. The summed E-state index contributed by atoms with van der Waals surface area (Å²) in [5.74, 6) is -0.249. The van der Waals surface area contributed by atoms with Crippen LogP contribution in [0.25, 0.3) is 0 Å². The van der Waals surface area contributed by atoms with E-state index in [1.54, 1.807) is 0 Å². The maximum absolute atomic E-state index is 13.0. The minimum atomic E-state index is -0.421. The molecule has 0 aliphatic rings. The fourth-order valence-corrected chi connectivity index (χ4v) is 1.46. The molecule has 1 atom stereocenters. The van der Waals surface area contributed by atoms with E-state index in [-0.39, 0.29) is 5.92 Å². The van der Waals surface area contributed by atoms with Crippen LogP contribution in [0.15, 0.2) is 72.4 Å². The predicted molar refractivity (Wildman–Crippen MR) is 84.9 cm³/mol. The van der Waals surface area contributed by atoms with Crippen molar-refractivity contribution in [3.63, 3.8) is 0 Å². The summed E-state index contributed by atoms with van der Waals surface area (Å²) in [6.07, 6.45) is 18.5. The van der Waals surface area contributed by atoms with E-state index in [9.17, 15) is 4.39 Å². The molecule has 19 heavy (non-hydrogen) atoms. The van der Waals surface area contributed by atoms with Crippen LogP contribution in [-0.2, 0) is 0 Å². The van der Waals surface area contributed by atoms with Crippen LogP contribution in [0, 0.1) is 5.92 Å². The Morgan fingerprint density at radius 2 is 1.84 bits per heavy atom. The molecular weight excluding hydrogens is 235 g/mol. The van der Waals surface area contributed by atoms with Crippen LogP contribution >= 0.6 is 0 Å². The first-order valence-corrected chi connectivity index (χ1v) is 6.71. The molecule has 1 heteroatoms. The van der Waals surface area contributed by atoms with Crippen LogP contribution < -0.4 is 0 Å². The van der Waals surface area contributed by atoms with Crippen molar-refractivity contribution in [1.82, 2.24) is 0 Å². The highest BCUT2D eigenvalue weighted by atomic mass is 19.1. The first-order chi connectivity index (χ1) is 9.15. The summed E-state index contributed by atoms with van der Waals surface area (Å²) in [5, 5.41) is 0. The molecule has 0 radical (unpaired) electrons. The lowest BCUT2D eigenvalue weighted by molar-refractivity contribution is 0.445. The average molecular weight is 260 g/mol. The average Bonchev–Trinajstić information content (AvgIpc) is 2.41. The molecule has 0 heterocycles. The van der Waals surface area contributed by atoms with E-state index >= 15 is 0 Å². The van der Waals surface area contributed by atoms with Gasteiger partial charge in [0.1, 0.15) is 0 Å². The molecule has 0 bridgehead atoms. The molecule has 0 aliphatic carbocycles. The lowest BCUT2D eigenvalue weighted by Crippen LogP contribution is -2.01. The van der Waals surface area contributed by atoms with Crippen LogP contribution in [0.3, 0.4) is 0 Å². The van der Waals surface area contributed by atoms with Crippen LogP contribution in [0.2, 0.25) is 0 Å². The van der Waals surface area contributed by atoms with Crippen LogP contribution in [-0.4, -0.2) is 6.67 Å². The fraction of sp³-hybridized carbons (Fsp3) is 0.333. The molecule has 0 nitrogen and oxygen atoms in total. The third-order valence-corrected chi connectivity index (χ3v) is 2.56. The number of hydrogen-bond donors (Lipinski definition) is 0. The molecule has 0 aliphatic heterocycles. The zero-order valence-corrected chi connectivity index (χ0v) is 12.3. The maximum atomic E-state index is 13.0. The number of allylic oxidation sites excluding steroid dienone is 11. The highest BCUT2D eigenvalue weighted by Crippen LogP contribution is 2.16. The third-order valence-electron chi connectivity index (χ3n) is 2.56. The van der Waals surface area contributed by atoms with Gasteiger partial charge in [0.2, 0.25) is 0 Å². The molecule has 0 saturated heterocycles. The van der Waals surface area contributed by atoms with Gasteiger partial charge in [-0.05, 0) is 25.8 Å².